The van der Waals surface area contributed by atoms with Gasteiger partial charge in [0.25, 0.3) is 5.91 Å². The maximum atomic E-state index is 11.9. The minimum Gasteiger partial charge on any atom is -0.462 e. The van der Waals surface area contributed by atoms with Gasteiger partial charge in [-0.15, -0.1) is 11.3 Å². The summed E-state index contributed by atoms with van der Waals surface area (Å²) in [6, 6.07) is 4.77. The molecule has 2 heterocycles. The lowest BCUT2D eigenvalue weighted by Crippen LogP contribution is -2.13. The van der Waals surface area contributed by atoms with Crippen molar-refractivity contribution >= 4 is 44.1 Å². The van der Waals surface area contributed by atoms with Crippen molar-refractivity contribution in [1.82, 2.24) is 0 Å². The number of thiophene rings is 1. The normalized spacial score (nSPS) is 10.2. The lowest BCUT2D eigenvalue weighted by molar-refractivity contribution is 0.0528. The lowest BCUT2D eigenvalue weighted by atomic mass is 10.3. The second-order valence-electron chi connectivity index (χ2n) is 3.44. The number of carbonyl (C=O) groups is 2. The molecule has 0 fully saturated rings. The smallest absolute Gasteiger partial charge is 0.341 e. The SMILES string of the molecule is CCOC(=O)c1ccsc1NC(=O)c1ccc(Br)o1. The van der Waals surface area contributed by atoms with E-state index < -0.39 is 11.9 Å². The van der Waals surface area contributed by atoms with E-state index in [0.29, 0.717) is 15.2 Å². The first-order chi connectivity index (χ1) is 9.11. The van der Waals surface area contributed by atoms with Crippen LogP contribution >= 0.6 is 27.3 Å². The zero-order valence-electron chi connectivity index (χ0n) is 9.94. The molecule has 0 aliphatic rings. The van der Waals surface area contributed by atoms with Crippen molar-refractivity contribution < 1.29 is 18.7 Å². The van der Waals surface area contributed by atoms with Crippen LogP contribution in [-0.2, 0) is 4.74 Å². The molecule has 19 heavy (non-hydrogen) atoms. The van der Waals surface area contributed by atoms with Crippen molar-refractivity contribution in [2.75, 3.05) is 11.9 Å². The molecule has 0 unspecified atom stereocenters. The maximum Gasteiger partial charge on any atom is 0.341 e. The Hall–Kier alpha value is -1.60. The highest BCUT2D eigenvalue weighted by molar-refractivity contribution is 9.10. The lowest BCUT2D eigenvalue weighted by Gasteiger charge is -2.04. The summed E-state index contributed by atoms with van der Waals surface area (Å²) >= 11 is 4.37. The van der Waals surface area contributed by atoms with Gasteiger partial charge in [-0.1, -0.05) is 0 Å². The summed E-state index contributed by atoms with van der Waals surface area (Å²) in [6.45, 7) is 2.01. The molecule has 100 valence electrons. The van der Waals surface area contributed by atoms with Gasteiger partial charge in [-0.25, -0.2) is 4.79 Å². The summed E-state index contributed by atoms with van der Waals surface area (Å²) in [5.74, 6) is -0.714. The van der Waals surface area contributed by atoms with Crippen molar-refractivity contribution in [3.05, 3.63) is 39.6 Å². The molecule has 2 aromatic heterocycles. The van der Waals surface area contributed by atoms with Crippen LogP contribution in [-0.4, -0.2) is 18.5 Å². The Bertz CT molecular complexity index is 604. The zero-order chi connectivity index (χ0) is 13.8. The first-order valence-corrected chi connectivity index (χ1v) is 7.10. The highest BCUT2D eigenvalue weighted by atomic mass is 79.9. The van der Waals surface area contributed by atoms with Crippen LogP contribution in [0.2, 0.25) is 0 Å². The van der Waals surface area contributed by atoms with Gasteiger partial charge in [0.15, 0.2) is 10.4 Å². The molecule has 0 radical (unpaired) electrons. The Morgan fingerprint density at radius 2 is 2.21 bits per heavy atom. The van der Waals surface area contributed by atoms with E-state index in [1.807, 2.05) is 0 Å². The standard InChI is InChI=1S/C12H10BrNO4S/c1-2-17-12(16)7-5-6-19-11(7)14-10(15)8-3-4-9(13)18-8/h3-6H,2H2,1H3,(H,14,15). The fraction of sp³-hybridized carbons (Fsp3) is 0.167. The number of furan rings is 1. The number of hydrogen-bond donors (Lipinski definition) is 1. The van der Waals surface area contributed by atoms with E-state index in [4.69, 9.17) is 9.15 Å². The number of esters is 1. The summed E-state index contributed by atoms with van der Waals surface area (Å²) in [6.07, 6.45) is 0. The first-order valence-electron chi connectivity index (χ1n) is 5.43. The Morgan fingerprint density at radius 1 is 1.42 bits per heavy atom. The molecule has 2 rings (SSSR count). The maximum absolute atomic E-state index is 11.9. The van der Waals surface area contributed by atoms with Crippen LogP contribution in [0.4, 0.5) is 5.00 Å². The molecule has 2 aromatic rings. The van der Waals surface area contributed by atoms with E-state index in [9.17, 15) is 9.59 Å². The van der Waals surface area contributed by atoms with Gasteiger partial charge in [-0.2, -0.15) is 0 Å². The molecule has 0 aromatic carbocycles. The van der Waals surface area contributed by atoms with Gasteiger partial charge in [-0.3, -0.25) is 4.79 Å². The molecule has 0 aliphatic carbocycles. The Morgan fingerprint density at radius 3 is 2.84 bits per heavy atom. The van der Waals surface area contributed by atoms with E-state index >= 15 is 0 Å². The predicted octanol–water partition coefficient (Wildman–Crippen LogP) is 3.53. The number of halogens is 1. The number of rotatable bonds is 4. The van der Waals surface area contributed by atoms with Crippen LogP contribution in [0.15, 0.2) is 32.7 Å². The molecule has 0 saturated carbocycles. The van der Waals surface area contributed by atoms with Gasteiger partial charge in [-0.05, 0) is 46.4 Å². The number of hydrogen-bond acceptors (Lipinski definition) is 5. The minimum atomic E-state index is -0.459. The molecule has 0 spiro atoms. The molecule has 7 heteroatoms. The third-order valence-electron chi connectivity index (χ3n) is 2.18. The van der Waals surface area contributed by atoms with Crippen LogP contribution in [0.25, 0.3) is 0 Å². The summed E-state index contributed by atoms with van der Waals surface area (Å²) in [5, 5.41) is 4.77. The fourth-order valence-corrected chi connectivity index (χ4v) is 2.45. The molecule has 0 saturated heterocycles. The summed E-state index contributed by atoms with van der Waals surface area (Å²) < 4.78 is 10.5. The number of amides is 1. The summed E-state index contributed by atoms with van der Waals surface area (Å²) in [4.78, 5) is 23.5. The van der Waals surface area contributed by atoms with E-state index in [0.717, 1.165) is 0 Å². The van der Waals surface area contributed by atoms with Crippen molar-refractivity contribution in [1.29, 1.82) is 0 Å². The van der Waals surface area contributed by atoms with Crippen molar-refractivity contribution in [2.45, 2.75) is 6.92 Å². The third kappa shape index (κ3) is 3.24. The van der Waals surface area contributed by atoms with Gasteiger partial charge in [0.2, 0.25) is 0 Å². The summed E-state index contributed by atoms with van der Waals surface area (Å²) in [7, 11) is 0. The minimum absolute atomic E-state index is 0.162. The van der Waals surface area contributed by atoms with Crippen LogP contribution < -0.4 is 5.32 Å². The number of carbonyl (C=O) groups excluding carboxylic acids is 2. The van der Waals surface area contributed by atoms with Gasteiger partial charge >= 0.3 is 5.97 Å². The van der Waals surface area contributed by atoms with E-state index in [2.05, 4.69) is 21.2 Å². The number of ether oxygens (including phenoxy) is 1. The van der Waals surface area contributed by atoms with Gasteiger partial charge < -0.3 is 14.5 Å². The fourth-order valence-electron chi connectivity index (χ4n) is 1.38. The molecule has 5 nitrogen and oxygen atoms in total. The predicted molar refractivity (Wildman–Crippen MR) is 74.6 cm³/mol. The average molecular weight is 344 g/mol. The topological polar surface area (TPSA) is 68.5 Å². The van der Waals surface area contributed by atoms with Crippen molar-refractivity contribution in [3.8, 4) is 0 Å². The second-order valence-corrected chi connectivity index (χ2v) is 5.14. The van der Waals surface area contributed by atoms with Gasteiger partial charge in [0.1, 0.15) is 5.00 Å². The third-order valence-corrected chi connectivity index (χ3v) is 3.44. The van der Waals surface area contributed by atoms with E-state index in [-0.39, 0.29) is 12.4 Å². The second kappa shape index (κ2) is 6.03. The highest BCUT2D eigenvalue weighted by Gasteiger charge is 2.18. The Balaban J connectivity index is 2.13. The summed E-state index contributed by atoms with van der Waals surface area (Å²) in [5.41, 5.74) is 0.339. The molecule has 1 N–H and O–H groups in total. The first kappa shape index (κ1) is 13.8. The molecular weight excluding hydrogens is 334 g/mol. The zero-order valence-corrected chi connectivity index (χ0v) is 12.3. The highest BCUT2D eigenvalue weighted by Crippen LogP contribution is 2.25. The van der Waals surface area contributed by atoms with E-state index in [1.165, 1.54) is 17.4 Å². The number of nitrogens with one attached hydrogen (secondary N) is 1. The monoisotopic (exact) mass is 343 g/mol. The number of anilines is 1. The molecule has 0 atom stereocenters. The van der Waals surface area contributed by atoms with E-state index in [1.54, 1.807) is 24.4 Å². The molecule has 0 bridgehead atoms. The average Bonchev–Trinajstić information content (AvgIpc) is 2.98. The molecule has 1 amide bonds. The van der Waals surface area contributed by atoms with Crippen molar-refractivity contribution in [2.24, 2.45) is 0 Å². The van der Waals surface area contributed by atoms with Crippen LogP contribution in [0.3, 0.4) is 0 Å². The van der Waals surface area contributed by atoms with Crippen LogP contribution in [0, 0.1) is 0 Å². The molecular formula is C12H10BrNO4S. The van der Waals surface area contributed by atoms with Gasteiger partial charge in [0, 0.05) is 0 Å². The quantitative estimate of drug-likeness (QED) is 0.862. The molecule has 0 aliphatic heterocycles. The van der Waals surface area contributed by atoms with Gasteiger partial charge in [0.05, 0.1) is 12.2 Å². The van der Waals surface area contributed by atoms with Crippen molar-refractivity contribution in [3.63, 3.8) is 0 Å². The Labute approximate surface area is 121 Å². The van der Waals surface area contributed by atoms with Crippen LogP contribution in [0.5, 0.6) is 0 Å². The van der Waals surface area contributed by atoms with Crippen LogP contribution in [0.1, 0.15) is 27.8 Å². The Kier molecular flexibility index (Phi) is 4.39. The largest absolute Gasteiger partial charge is 0.462 e.